The summed E-state index contributed by atoms with van der Waals surface area (Å²) in [7, 11) is 2.03. The maximum absolute atomic E-state index is 4.39. The van der Waals surface area contributed by atoms with Crippen molar-refractivity contribution >= 4 is 11.3 Å². The van der Waals surface area contributed by atoms with E-state index in [-0.39, 0.29) is 5.41 Å². The smallest absolute Gasteiger partial charge is 0.0940 e. The predicted molar refractivity (Wildman–Crippen MR) is 78.1 cm³/mol. The van der Waals surface area contributed by atoms with Crippen molar-refractivity contribution in [2.24, 2.45) is 0 Å². The van der Waals surface area contributed by atoms with Crippen molar-refractivity contribution < 1.29 is 0 Å². The van der Waals surface area contributed by atoms with E-state index in [1.54, 1.807) is 11.3 Å². The van der Waals surface area contributed by atoms with Gasteiger partial charge >= 0.3 is 0 Å². The molecule has 0 radical (unpaired) electrons. The van der Waals surface area contributed by atoms with Crippen molar-refractivity contribution in [3.05, 3.63) is 52.5 Å². The van der Waals surface area contributed by atoms with E-state index in [1.807, 2.05) is 18.6 Å². The molecule has 0 saturated heterocycles. The minimum atomic E-state index is 0.0850. The number of thiazole rings is 1. The molecule has 1 aromatic heterocycles. The third-order valence-corrected chi connectivity index (χ3v) is 4.40. The van der Waals surface area contributed by atoms with Crippen LogP contribution in [0.1, 0.15) is 24.4 Å². The van der Waals surface area contributed by atoms with Crippen LogP contribution in [0.4, 0.5) is 0 Å². The first-order chi connectivity index (χ1) is 8.64. The number of likely N-dealkylation sites (N-methyl/N-ethyl adjacent to an activating group) is 1. The zero-order valence-corrected chi connectivity index (χ0v) is 12.0. The molecule has 1 unspecified atom stereocenters. The molecule has 0 amide bonds. The molecule has 2 nitrogen and oxygen atoms in total. The predicted octanol–water partition coefficient (Wildman–Crippen LogP) is 3.25. The first kappa shape index (κ1) is 13.2. The number of benzene rings is 1. The largest absolute Gasteiger partial charge is 0.316 e. The lowest BCUT2D eigenvalue weighted by atomic mass is 9.76. The maximum atomic E-state index is 4.39. The van der Waals surface area contributed by atoms with Gasteiger partial charge in [0.25, 0.3) is 0 Å². The van der Waals surface area contributed by atoms with Gasteiger partial charge in [-0.25, -0.2) is 4.98 Å². The highest BCUT2D eigenvalue weighted by atomic mass is 32.1. The summed E-state index contributed by atoms with van der Waals surface area (Å²) in [4.78, 5) is 4.39. The van der Waals surface area contributed by atoms with Crippen molar-refractivity contribution in [2.75, 3.05) is 7.05 Å². The molecule has 1 heterocycles. The van der Waals surface area contributed by atoms with Crippen LogP contribution in [0.25, 0.3) is 0 Å². The molecule has 18 heavy (non-hydrogen) atoms. The van der Waals surface area contributed by atoms with Crippen molar-refractivity contribution in [3.63, 3.8) is 0 Å². The Hall–Kier alpha value is -1.19. The number of nitrogens with one attached hydrogen (secondary N) is 1. The van der Waals surface area contributed by atoms with Crippen molar-refractivity contribution in [1.82, 2.24) is 10.3 Å². The van der Waals surface area contributed by atoms with E-state index in [4.69, 9.17) is 0 Å². The first-order valence-electron chi connectivity index (χ1n) is 6.25. The number of aromatic nitrogens is 1. The molecule has 0 aliphatic heterocycles. The van der Waals surface area contributed by atoms with Crippen LogP contribution in [0, 0.1) is 0 Å². The number of hydrogen-bond donors (Lipinski definition) is 1. The molecular weight excluding hydrogens is 240 g/mol. The quantitative estimate of drug-likeness (QED) is 0.892. The SMILES string of the molecule is CNC(Cc1nccs1)C(C)(C)c1ccccc1. The molecule has 2 rings (SSSR count). The number of rotatable bonds is 5. The van der Waals surface area contributed by atoms with E-state index < -0.39 is 0 Å². The van der Waals surface area contributed by atoms with E-state index in [0.29, 0.717) is 6.04 Å². The van der Waals surface area contributed by atoms with E-state index in [9.17, 15) is 0 Å². The van der Waals surface area contributed by atoms with Crippen LogP contribution in [0.3, 0.4) is 0 Å². The Balaban J connectivity index is 2.21. The fourth-order valence-electron chi connectivity index (χ4n) is 2.32. The van der Waals surface area contributed by atoms with Gasteiger partial charge in [0, 0.05) is 29.5 Å². The fraction of sp³-hybridized carbons (Fsp3) is 0.400. The molecular formula is C15H20N2S. The normalized spacial score (nSPS) is 13.5. The molecule has 0 aliphatic carbocycles. The van der Waals surface area contributed by atoms with Gasteiger partial charge in [0.2, 0.25) is 0 Å². The minimum Gasteiger partial charge on any atom is -0.316 e. The van der Waals surface area contributed by atoms with Gasteiger partial charge in [-0.05, 0) is 12.6 Å². The first-order valence-corrected chi connectivity index (χ1v) is 7.13. The van der Waals surface area contributed by atoms with Crippen molar-refractivity contribution in [3.8, 4) is 0 Å². The third kappa shape index (κ3) is 2.79. The van der Waals surface area contributed by atoms with Crippen LogP contribution in [0.5, 0.6) is 0 Å². The lowest BCUT2D eigenvalue weighted by Crippen LogP contribution is -2.44. The molecule has 96 valence electrons. The Morgan fingerprint density at radius 1 is 1.28 bits per heavy atom. The van der Waals surface area contributed by atoms with Crippen LogP contribution in [-0.2, 0) is 11.8 Å². The average Bonchev–Trinajstić information content (AvgIpc) is 2.89. The van der Waals surface area contributed by atoms with E-state index in [2.05, 4.69) is 54.5 Å². The summed E-state index contributed by atoms with van der Waals surface area (Å²) in [5, 5.41) is 6.68. The monoisotopic (exact) mass is 260 g/mol. The number of hydrogen-bond acceptors (Lipinski definition) is 3. The van der Waals surface area contributed by atoms with Crippen molar-refractivity contribution in [2.45, 2.75) is 31.7 Å². The highest BCUT2D eigenvalue weighted by Gasteiger charge is 2.30. The molecule has 0 bridgehead atoms. The van der Waals surface area contributed by atoms with E-state index >= 15 is 0 Å². The molecule has 1 aromatic carbocycles. The van der Waals surface area contributed by atoms with Crippen molar-refractivity contribution in [1.29, 1.82) is 0 Å². The summed E-state index contributed by atoms with van der Waals surface area (Å²) in [6.45, 7) is 4.58. The zero-order chi connectivity index (χ0) is 13.0. The molecule has 3 heteroatoms. The molecule has 0 aliphatic rings. The molecule has 0 saturated carbocycles. The van der Waals surface area contributed by atoms with Gasteiger partial charge in [0.15, 0.2) is 0 Å². The molecule has 0 fully saturated rings. The topological polar surface area (TPSA) is 24.9 Å². The molecule has 1 N–H and O–H groups in total. The highest BCUT2D eigenvalue weighted by molar-refractivity contribution is 7.09. The molecule has 0 spiro atoms. The second-order valence-corrected chi connectivity index (χ2v) is 6.04. The maximum Gasteiger partial charge on any atom is 0.0940 e. The van der Waals surface area contributed by atoms with Crippen LogP contribution in [-0.4, -0.2) is 18.1 Å². The average molecular weight is 260 g/mol. The third-order valence-electron chi connectivity index (χ3n) is 3.60. The Morgan fingerprint density at radius 2 is 2.00 bits per heavy atom. The van der Waals surface area contributed by atoms with Gasteiger partial charge in [-0.2, -0.15) is 0 Å². The van der Waals surface area contributed by atoms with Gasteiger partial charge in [-0.15, -0.1) is 11.3 Å². The van der Waals surface area contributed by atoms with Crippen LogP contribution >= 0.6 is 11.3 Å². The Kier molecular flexibility index (Phi) is 4.15. The minimum absolute atomic E-state index is 0.0850. The van der Waals surface area contributed by atoms with Crippen LogP contribution in [0.2, 0.25) is 0 Å². The summed E-state index contributed by atoms with van der Waals surface area (Å²) in [6, 6.07) is 11.1. The second kappa shape index (κ2) is 5.63. The summed E-state index contributed by atoms with van der Waals surface area (Å²) in [6.07, 6.45) is 2.85. The number of nitrogens with zero attached hydrogens (tertiary/aromatic N) is 1. The van der Waals surface area contributed by atoms with Gasteiger partial charge in [0.1, 0.15) is 0 Å². The molecule has 2 aromatic rings. The Bertz CT molecular complexity index is 463. The highest BCUT2D eigenvalue weighted by Crippen LogP contribution is 2.29. The summed E-state index contributed by atoms with van der Waals surface area (Å²) < 4.78 is 0. The lowest BCUT2D eigenvalue weighted by Gasteiger charge is -2.34. The lowest BCUT2D eigenvalue weighted by molar-refractivity contribution is 0.356. The van der Waals surface area contributed by atoms with E-state index in [1.165, 1.54) is 10.6 Å². The summed E-state index contributed by atoms with van der Waals surface area (Å²) >= 11 is 1.73. The molecule has 1 atom stereocenters. The van der Waals surface area contributed by atoms with Gasteiger partial charge < -0.3 is 5.32 Å². The summed E-state index contributed by atoms with van der Waals surface area (Å²) in [5.41, 5.74) is 1.45. The van der Waals surface area contributed by atoms with E-state index in [0.717, 1.165) is 6.42 Å². The van der Waals surface area contributed by atoms with Crippen LogP contribution in [0.15, 0.2) is 41.9 Å². The zero-order valence-electron chi connectivity index (χ0n) is 11.2. The van der Waals surface area contributed by atoms with Gasteiger partial charge in [-0.1, -0.05) is 44.2 Å². The Morgan fingerprint density at radius 3 is 2.56 bits per heavy atom. The Labute approximate surface area is 113 Å². The summed E-state index contributed by atoms with van der Waals surface area (Å²) in [5.74, 6) is 0. The fourth-order valence-corrected chi connectivity index (χ4v) is 2.98. The van der Waals surface area contributed by atoms with Gasteiger partial charge in [-0.3, -0.25) is 0 Å². The van der Waals surface area contributed by atoms with Crippen LogP contribution < -0.4 is 5.32 Å². The van der Waals surface area contributed by atoms with Gasteiger partial charge in [0.05, 0.1) is 5.01 Å². The second-order valence-electron chi connectivity index (χ2n) is 5.06. The standard InChI is InChI=1S/C15H20N2S/c1-15(2,12-7-5-4-6-8-12)13(16-3)11-14-17-9-10-18-14/h4-10,13,16H,11H2,1-3H3.